The molecule has 26 heavy (non-hydrogen) atoms. The van der Waals surface area contributed by atoms with E-state index in [0.717, 1.165) is 11.1 Å². The molecule has 1 aliphatic rings. The number of carbonyl (C=O) groups excluding carboxylic acids is 2. The van der Waals surface area contributed by atoms with Gasteiger partial charge in [0.1, 0.15) is 5.37 Å². The molecule has 0 aliphatic carbocycles. The Kier molecular flexibility index (Phi) is 6.01. The molecule has 0 saturated carbocycles. The minimum absolute atomic E-state index is 0.0523. The average Bonchev–Trinajstić information content (AvgIpc) is 3.02. The third kappa shape index (κ3) is 4.29. The molecule has 4 nitrogen and oxygen atoms in total. The summed E-state index contributed by atoms with van der Waals surface area (Å²) in [6.07, 6.45) is 1.64. The Hall–Kier alpha value is -2.24. The highest BCUT2D eigenvalue weighted by Gasteiger charge is 2.32. The minimum Gasteiger partial charge on any atom is -0.349 e. The van der Waals surface area contributed by atoms with Gasteiger partial charge in [0.05, 0.1) is 5.75 Å². The van der Waals surface area contributed by atoms with E-state index >= 15 is 0 Å². The van der Waals surface area contributed by atoms with Crippen LogP contribution in [0.1, 0.15) is 26.9 Å². The highest BCUT2D eigenvalue weighted by Crippen LogP contribution is 2.39. The van der Waals surface area contributed by atoms with Crippen molar-refractivity contribution in [3.63, 3.8) is 0 Å². The second-order valence-corrected chi connectivity index (χ2v) is 7.44. The standard InChI is InChI=1S/C20H19ClN2O2S/c1-2-11-22-19(25)15-5-7-16(8-6-15)20-23(18(24)13-26-20)12-14-3-9-17(21)10-4-14/h2-10,20H,1,11-13H2,(H,22,25)/t20-/m0/s1. The van der Waals surface area contributed by atoms with E-state index in [1.54, 1.807) is 30.0 Å². The van der Waals surface area contributed by atoms with Crippen molar-refractivity contribution >= 4 is 35.2 Å². The van der Waals surface area contributed by atoms with Gasteiger partial charge in [-0.2, -0.15) is 0 Å². The van der Waals surface area contributed by atoms with E-state index in [2.05, 4.69) is 11.9 Å². The Morgan fingerprint density at radius 1 is 1.23 bits per heavy atom. The molecule has 2 amide bonds. The predicted molar refractivity (Wildman–Crippen MR) is 106 cm³/mol. The highest BCUT2D eigenvalue weighted by molar-refractivity contribution is 8.00. The first-order chi connectivity index (χ1) is 12.6. The van der Waals surface area contributed by atoms with Crippen LogP contribution in [0.25, 0.3) is 0 Å². The number of thioether (sulfide) groups is 1. The molecule has 1 N–H and O–H groups in total. The maximum atomic E-state index is 12.3. The van der Waals surface area contributed by atoms with Crippen LogP contribution in [0.5, 0.6) is 0 Å². The molecule has 6 heteroatoms. The van der Waals surface area contributed by atoms with Gasteiger partial charge < -0.3 is 10.2 Å². The molecule has 134 valence electrons. The number of nitrogens with zero attached hydrogens (tertiary/aromatic N) is 1. The molecule has 1 atom stereocenters. The minimum atomic E-state index is -0.135. The van der Waals surface area contributed by atoms with Gasteiger partial charge in [0.2, 0.25) is 5.91 Å². The van der Waals surface area contributed by atoms with Crippen molar-refractivity contribution in [2.45, 2.75) is 11.9 Å². The largest absolute Gasteiger partial charge is 0.349 e. The second kappa shape index (κ2) is 8.43. The fourth-order valence-corrected chi connectivity index (χ4v) is 4.07. The quantitative estimate of drug-likeness (QED) is 0.762. The van der Waals surface area contributed by atoms with Crippen LogP contribution in [0.2, 0.25) is 5.02 Å². The van der Waals surface area contributed by atoms with Gasteiger partial charge in [-0.15, -0.1) is 18.3 Å². The lowest BCUT2D eigenvalue weighted by Gasteiger charge is -2.24. The Morgan fingerprint density at radius 2 is 1.92 bits per heavy atom. The number of hydrogen-bond acceptors (Lipinski definition) is 3. The van der Waals surface area contributed by atoms with E-state index < -0.39 is 0 Å². The monoisotopic (exact) mass is 386 g/mol. The third-order valence-electron chi connectivity index (χ3n) is 4.10. The van der Waals surface area contributed by atoms with E-state index in [0.29, 0.717) is 29.4 Å². The molecule has 2 aromatic rings. The van der Waals surface area contributed by atoms with Crippen LogP contribution >= 0.6 is 23.4 Å². The average molecular weight is 387 g/mol. The van der Waals surface area contributed by atoms with Crippen LogP contribution in [-0.2, 0) is 11.3 Å². The molecule has 0 bridgehead atoms. The van der Waals surface area contributed by atoms with Crippen molar-refractivity contribution in [1.82, 2.24) is 10.2 Å². The van der Waals surface area contributed by atoms with Crippen LogP contribution in [0, 0.1) is 0 Å². The van der Waals surface area contributed by atoms with Crippen molar-refractivity contribution in [2.75, 3.05) is 12.3 Å². The molecule has 0 aromatic heterocycles. The number of amides is 2. The van der Waals surface area contributed by atoms with Crippen molar-refractivity contribution in [3.05, 3.63) is 82.9 Å². The number of carbonyl (C=O) groups is 2. The summed E-state index contributed by atoms with van der Waals surface area (Å²) in [4.78, 5) is 26.2. The van der Waals surface area contributed by atoms with Gasteiger partial charge in [-0.1, -0.05) is 41.9 Å². The van der Waals surface area contributed by atoms with Crippen molar-refractivity contribution in [1.29, 1.82) is 0 Å². The van der Waals surface area contributed by atoms with Crippen LogP contribution in [0.4, 0.5) is 0 Å². The number of rotatable bonds is 6. The van der Waals surface area contributed by atoms with Crippen LogP contribution < -0.4 is 5.32 Å². The highest BCUT2D eigenvalue weighted by atomic mass is 35.5. The van der Waals surface area contributed by atoms with Crippen molar-refractivity contribution < 1.29 is 9.59 Å². The molecule has 1 fully saturated rings. The Labute approximate surface area is 162 Å². The first-order valence-corrected chi connectivity index (χ1v) is 9.65. The normalized spacial score (nSPS) is 16.6. The number of halogens is 1. The molecule has 2 aromatic carbocycles. The van der Waals surface area contributed by atoms with Gasteiger partial charge in [-0.25, -0.2) is 0 Å². The second-order valence-electron chi connectivity index (χ2n) is 5.93. The summed E-state index contributed by atoms with van der Waals surface area (Å²) in [5, 5.41) is 3.38. The van der Waals surface area contributed by atoms with Crippen LogP contribution in [-0.4, -0.2) is 29.0 Å². The first kappa shape index (κ1) is 18.5. The first-order valence-electron chi connectivity index (χ1n) is 8.23. The van der Waals surface area contributed by atoms with Gasteiger partial charge in [0.15, 0.2) is 0 Å². The summed E-state index contributed by atoms with van der Waals surface area (Å²) < 4.78 is 0. The topological polar surface area (TPSA) is 49.4 Å². The Balaban J connectivity index is 1.74. The summed E-state index contributed by atoms with van der Waals surface area (Å²) in [7, 11) is 0. The summed E-state index contributed by atoms with van der Waals surface area (Å²) in [6.45, 7) is 4.55. The van der Waals surface area contributed by atoms with E-state index in [1.807, 2.05) is 41.3 Å². The Morgan fingerprint density at radius 3 is 2.58 bits per heavy atom. The fraction of sp³-hybridized carbons (Fsp3) is 0.200. The number of hydrogen-bond donors (Lipinski definition) is 1. The van der Waals surface area contributed by atoms with E-state index in [1.165, 1.54) is 0 Å². The molecular weight excluding hydrogens is 368 g/mol. The summed E-state index contributed by atoms with van der Waals surface area (Å²) in [5.41, 5.74) is 2.64. The van der Waals surface area contributed by atoms with Gasteiger partial charge >= 0.3 is 0 Å². The summed E-state index contributed by atoms with van der Waals surface area (Å²) in [6, 6.07) is 14.9. The molecule has 1 heterocycles. The lowest BCUT2D eigenvalue weighted by Crippen LogP contribution is -2.27. The van der Waals surface area contributed by atoms with E-state index in [9.17, 15) is 9.59 Å². The molecule has 0 radical (unpaired) electrons. The molecule has 0 spiro atoms. The SMILES string of the molecule is C=CCNC(=O)c1ccc([C@@H]2SCC(=O)N2Cc2ccc(Cl)cc2)cc1. The number of nitrogens with one attached hydrogen (secondary N) is 1. The van der Waals surface area contributed by atoms with Crippen molar-refractivity contribution in [2.24, 2.45) is 0 Å². The fourth-order valence-electron chi connectivity index (χ4n) is 2.75. The van der Waals surface area contributed by atoms with E-state index in [4.69, 9.17) is 11.6 Å². The molecule has 1 saturated heterocycles. The van der Waals surface area contributed by atoms with Crippen molar-refractivity contribution in [3.8, 4) is 0 Å². The third-order valence-corrected chi connectivity index (χ3v) is 5.61. The van der Waals surface area contributed by atoms with Gasteiger partial charge in [-0.05, 0) is 35.4 Å². The van der Waals surface area contributed by atoms with Crippen LogP contribution in [0.15, 0.2) is 61.2 Å². The maximum absolute atomic E-state index is 12.3. The molecule has 1 aliphatic heterocycles. The zero-order chi connectivity index (χ0) is 18.5. The van der Waals surface area contributed by atoms with E-state index in [-0.39, 0.29) is 17.2 Å². The maximum Gasteiger partial charge on any atom is 0.251 e. The Bertz CT molecular complexity index is 806. The summed E-state index contributed by atoms with van der Waals surface area (Å²) >= 11 is 7.53. The van der Waals surface area contributed by atoms with Gasteiger partial charge in [0, 0.05) is 23.7 Å². The predicted octanol–water partition coefficient (Wildman–Crippen LogP) is 4.03. The molecular formula is C20H19ClN2O2S. The summed E-state index contributed by atoms with van der Waals surface area (Å²) in [5.74, 6) is 0.437. The van der Waals surface area contributed by atoms with Gasteiger partial charge in [-0.3, -0.25) is 9.59 Å². The van der Waals surface area contributed by atoms with Crippen LogP contribution in [0.3, 0.4) is 0 Å². The van der Waals surface area contributed by atoms with Gasteiger partial charge in [0.25, 0.3) is 5.91 Å². The molecule has 0 unspecified atom stereocenters. The lowest BCUT2D eigenvalue weighted by atomic mass is 10.1. The number of benzene rings is 2. The molecule has 3 rings (SSSR count). The lowest BCUT2D eigenvalue weighted by molar-refractivity contribution is -0.128. The zero-order valence-corrected chi connectivity index (χ0v) is 15.7. The zero-order valence-electron chi connectivity index (χ0n) is 14.2. The smallest absolute Gasteiger partial charge is 0.251 e.